The maximum absolute atomic E-state index is 12.5. The fourth-order valence-corrected chi connectivity index (χ4v) is 1.32. The van der Waals surface area contributed by atoms with Crippen molar-refractivity contribution in [2.24, 2.45) is 0 Å². The summed E-state index contributed by atoms with van der Waals surface area (Å²) < 4.78 is 24.9. The number of carbonyl (C=O) groups is 1. The number of alkyl halides is 2. The fraction of sp³-hybridized carbons (Fsp3) is 0.700. The average molecular weight is 216 g/mol. The van der Waals surface area contributed by atoms with Crippen LogP contribution in [-0.4, -0.2) is 36.5 Å². The molecule has 0 aromatic heterocycles. The number of hydrogen-bond acceptors (Lipinski definition) is 1. The van der Waals surface area contributed by atoms with Gasteiger partial charge in [0.05, 0.1) is 6.54 Å². The van der Waals surface area contributed by atoms with Crippen molar-refractivity contribution in [1.82, 2.24) is 10.2 Å². The molecule has 1 saturated carbocycles. The predicted molar refractivity (Wildman–Crippen MR) is 52.6 cm³/mol. The summed E-state index contributed by atoms with van der Waals surface area (Å²) >= 11 is 0. The largest absolute Gasteiger partial charge is 0.335 e. The number of amides is 2. The van der Waals surface area contributed by atoms with Gasteiger partial charge >= 0.3 is 6.03 Å². The molecule has 0 heterocycles. The van der Waals surface area contributed by atoms with Gasteiger partial charge in [0.1, 0.15) is 0 Å². The molecule has 1 aliphatic carbocycles. The zero-order valence-corrected chi connectivity index (χ0v) is 8.81. The number of hydrogen-bond donors (Lipinski definition) is 1. The second-order valence-electron chi connectivity index (χ2n) is 3.69. The number of urea groups is 1. The Morgan fingerprint density at radius 2 is 2.20 bits per heavy atom. The molecule has 0 aliphatic heterocycles. The van der Waals surface area contributed by atoms with Gasteiger partial charge in [0.2, 0.25) is 0 Å². The van der Waals surface area contributed by atoms with Crippen LogP contribution < -0.4 is 5.32 Å². The zero-order chi connectivity index (χ0) is 11.5. The van der Waals surface area contributed by atoms with Gasteiger partial charge in [0.25, 0.3) is 5.92 Å². The molecule has 0 aromatic rings. The van der Waals surface area contributed by atoms with Crippen molar-refractivity contribution in [2.75, 3.05) is 13.6 Å². The van der Waals surface area contributed by atoms with E-state index < -0.39 is 12.0 Å². The Hall–Kier alpha value is -1.31. The van der Waals surface area contributed by atoms with Gasteiger partial charge in [-0.25, -0.2) is 13.6 Å². The molecule has 15 heavy (non-hydrogen) atoms. The van der Waals surface area contributed by atoms with Crippen molar-refractivity contribution in [2.45, 2.75) is 31.7 Å². The lowest BCUT2D eigenvalue weighted by atomic mass is 9.88. The fourth-order valence-electron chi connectivity index (χ4n) is 1.32. The molecule has 0 spiro atoms. The summed E-state index contributed by atoms with van der Waals surface area (Å²) in [5, 5.41) is 2.52. The summed E-state index contributed by atoms with van der Waals surface area (Å²) in [4.78, 5) is 12.7. The standard InChI is InChI=1S/C10H14F2N2O/c1-3-4-5-14(2)9(15)13-8-6-10(11,12)7-8/h8H,5-7H2,1-2H3,(H,13,15). The Kier molecular flexibility index (Phi) is 3.51. The van der Waals surface area contributed by atoms with Gasteiger partial charge in [-0.1, -0.05) is 5.92 Å². The van der Waals surface area contributed by atoms with Crippen LogP contribution in [0, 0.1) is 11.8 Å². The third-order valence-electron chi connectivity index (χ3n) is 2.26. The highest BCUT2D eigenvalue weighted by Crippen LogP contribution is 2.37. The van der Waals surface area contributed by atoms with Crippen molar-refractivity contribution >= 4 is 6.03 Å². The molecule has 0 aromatic carbocycles. The third kappa shape index (κ3) is 3.39. The SMILES string of the molecule is CC#CCN(C)C(=O)NC1CC(F)(F)C1. The maximum Gasteiger partial charge on any atom is 0.318 e. The minimum atomic E-state index is -2.60. The number of nitrogens with zero attached hydrogens (tertiary/aromatic N) is 1. The second kappa shape index (κ2) is 4.47. The van der Waals surface area contributed by atoms with Gasteiger partial charge in [-0.2, -0.15) is 0 Å². The van der Waals surface area contributed by atoms with E-state index in [9.17, 15) is 13.6 Å². The molecule has 3 nitrogen and oxygen atoms in total. The van der Waals surface area contributed by atoms with E-state index in [1.54, 1.807) is 14.0 Å². The van der Waals surface area contributed by atoms with Crippen LogP contribution in [-0.2, 0) is 0 Å². The molecule has 84 valence electrons. The van der Waals surface area contributed by atoms with E-state index in [0.29, 0.717) is 6.54 Å². The molecule has 1 fully saturated rings. The van der Waals surface area contributed by atoms with Crippen molar-refractivity contribution in [3.05, 3.63) is 0 Å². The molecular weight excluding hydrogens is 202 g/mol. The molecule has 0 saturated heterocycles. The Labute approximate surface area is 87.8 Å². The smallest absolute Gasteiger partial charge is 0.318 e. The molecule has 5 heteroatoms. The maximum atomic E-state index is 12.5. The summed E-state index contributed by atoms with van der Waals surface area (Å²) in [7, 11) is 1.58. The number of nitrogens with one attached hydrogen (secondary N) is 1. The predicted octanol–water partition coefficient (Wildman–Crippen LogP) is 1.45. The first-order chi connectivity index (χ1) is 6.94. The molecular formula is C10H14F2N2O. The molecule has 0 bridgehead atoms. The van der Waals surface area contributed by atoms with Crippen LogP contribution in [0.3, 0.4) is 0 Å². The zero-order valence-electron chi connectivity index (χ0n) is 8.81. The summed E-state index contributed by atoms with van der Waals surface area (Å²) in [5.41, 5.74) is 0. The van der Waals surface area contributed by atoms with E-state index >= 15 is 0 Å². The summed E-state index contributed by atoms with van der Waals surface area (Å²) in [6.45, 7) is 1.99. The topological polar surface area (TPSA) is 32.3 Å². The van der Waals surface area contributed by atoms with Crippen LogP contribution in [0.4, 0.5) is 13.6 Å². The molecule has 1 rings (SSSR count). The van der Waals surface area contributed by atoms with Crippen molar-refractivity contribution in [3.8, 4) is 11.8 Å². The van der Waals surface area contributed by atoms with Crippen LogP contribution in [0.15, 0.2) is 0 Å². The number of halogens is 2. The minimum absolute atomic E-state index is 0.258. The van der Waals surface area contributed by atoms with E-state index in [4.69, 9.17) is 0 Å². The number of rotatable bonds is 2. The van der Waals surface area contributed by atoms with Gasteiger partial charge < -0.3 is 10.2 Å². The molecule has 0 unspecified atom stereocenters. The van der Waals surface area contributed by atoms with Gasteiger partial charge in [-0.15, -0.1) is 5.92 Å². The Morgan fingerprint density at radius 1 is 1.60 bits per heavy atom. The van der Waals surface area contributed by atoms with Crippen LogP contribution in [0.2, 0.25) is 0 Å². The van der Waals surface area contributed by atoms with Crippen LogP contribution in [0.1, 0.15) is 19.8 Å². The summed E-state index contributed by atoms with van der Waals surface area (Å²) in [5.74, 6) is 2.78. The Balaban J connectivity index is 2.27. The van der Waals surface area contributed by atoms with Gasteiger partial charge in [-0.05, 0) is 6.92 Å². The minimum Gasteiger partial charge on any atom is -0.335 e. The second-order valence-corrected chi connectivity index (χ2v) is 3.69. The van der Waals surface area contributed by atoms with E-state index in [0.717, 1.165) is 0 Å². The van der Waals surface area contributed by atoms with Gasteiger partial charge in [0, 0.05) is 25.9 Å². The van der Waals surface area contributed by atoms with Crippen LogP contribution >= 0.6 is 0 Å². The normalized spacial score (nSPS) is 18.4. The Morgan fingerprint density at radius 3 is 2.67 bits per heavy atom. The quantitative estimate of drug-likeness (QED) is 0.696. The first-order valence-electron chi connectivity index (χ1n) is 4.73. The molecule has 1 N–H and O–H groups in total. The van der Waals surface area contributed by atoms with Gasteiger partial charge in [0.15, 0.2) is 0 Å². The molecule has 0 atom stereocenters. The average Bonchev–Trinajstić information content (AvgIpc) is 2.11. The highest BCUT2D eigenvalue weighted by Gasteiger charge is 2.46. The Bertz CT molecular complexity index is 298. The summed E-state index contributed by atoms with van der Waals surface area (Å²) in [6.07, 6.45) is -0.516. The van der Waals surface area contributed by atoms with Gasteiger partial charge in [-0.3, -0.25) is 0 Å². The monoisotopic (exact) mass is 216 g/mol. The summed E-state index contributed by atoms with van der Waals surface area (Å²) in [6, 6.07) is -0.747. The van der Waals surface area contributed by atoms with Crippen molar-refractivity contribution in [3.63, 3.8) is 0 Å². The lowest BCUT2D eigenvalue weighted by Crippen LogP contribution is -2.53. The van der Waals surface area contributed by atoms with E-state index in [-0.39, 0.29) is 18.9 Å². The molecule has 1 aliphatic rings. The van der Waals surface area contributed by atoms with Crippen LogP contribution in [0.25, 0.3) is 0 Å². The van der Waals surface area contributed by atoms with Crippen molar-refractivity contribution in [1.29, 1.82) is 0 Å². The molecule has 2 amide bonds. The number of carbonyl (C=O) groups excluding carboxylic acids is 1. The first kappa shape index (κ1) is 11.8. The van der Waals surface area contributed by atoms with E-state index in [2.05, 4.69) is 17.2 Å². The van der Waals surface area contributed by atoms with E-state index in [1.807, 2.05) is 0 Å². The third-order valence-corrected chi connectivity index (χ3v) is 2.26. The lowest BCUT2D eigenvalue weighted by Gasteiger charge is -2.36. The highest BCUT2D eigenvalue weighted by molar-refractivity contribution is 5.74. The van der Waals surface area contributed by atoms with E-state index in [1.165, 1.54) is 4.90 Å². The lowest BCUT2D eigenvalue weighted by molar-refractivity contribution is -0.0901. The molecule has 0 radical (unpaired) electrons. The van der Waals surface area contributed by atoms with Crippen LogP contribution in [0.5, 0.6) is 0 Å². The van der Waals surface area contributed by atoms with Crippen molar-refractivity contribution < 1.29 is 13.6 Å². The first-order valence-corrected chi connectivity index (χ1v) is 4.73. The highest BCUT2D eigenvalue weighted by atomic mass is 19.3.